The molecule has 0 aliphatic rings. The molecule has 4 N–H and O–H groups in total. The fraction of sp³-hybridized carbons (Fsp3) is 1.00. The summed E-state index contributed by atoms with van der Waals surface area (Å²) >= 11 is 0. The van der Waals surface area contributed by atoms with E-state index in [1.165, 1.54) is 0 Å². The monoisotopic (exact) mass is 232 g/mol. The number of aliphatic hydroxyl groups is 2. The summed E-state index contributed by atoms with van der Waals surface area (Å²) in [4.78, 5) is 16.7. The Balaban J connectivity index is -0.000000155. The predicted octanol–water partition coefficient (Wildman–Crippen LogP) is -1.71. The molecule has 0 aromatic rings. The van der Waals surface area contributed by atoms with Crippen LogP contribution in [0.15, 0.2) is 0 Å². The van der Waals surface area contributed by atoms with E-state index in [9.17, 15) is 0 Å². The van der Waals surface area contributed by atoms with Crippen LogP contribution in [0.5, 0.6) is 0 Å². The number of hydrogen-bond acceptors (Lipinski definition) is 7. The maximum absolute atomic E-state index is 8.36. The largest absolute Gasteiger partial charge is 0.394 e. The summed E-state index contributed by atoms with van der Waals surface area (Å²) in [6.07, 6.45) is 0. The van der Waals surface area contributed by atoms with Crippen LogP contribution >= 0.6 is 0 Å². The van der Waals surface area contributed by atoms with Crippen molar-refractivity contribution in [3.63, 3.8) is 0 Å². The highest BCUT2D eigenvalue weighted by Gasteiger charge is 1.79. The van der Waals surface area contributed by atoms with Crippen molar-refractivity contribution in [3.8, 4) is 0 Å². The molecular formula is C4H12N2O9. The highest BCUT2D eigenvalue weighted by atomic mass is 16.9. The van der Waals surface area contributed by atoms with Crippen molar-refractivity contribution in [3.05, 3.63) is 20.2 Å². The summed E-state index contributed by atoms with van der Waals surface area (Å²) in [6, 6.07) is 0. The van der Waals surface area contributed by atoms with Gasteiger partial charge in [0.25, 0.3) is 10.2 Å². The molecule has 0 radical (unpaired) electrons. The lowest BCUT2D eigenvalue weighted by Gasteiger charge is -1.94. The lowest BCUT2D eigenvalue weighted by Crippen LogP contribution is -2.03. The van der Waals surface area contributed by atoms with Gasteiger partial charge in [0.2, 0.25) is 0 Å². The third-order valence-corrected chi connectivity index (χ3v) is 0.471. The maximum Gasteiger partial charge on any atom is 0.291 e. The van der Waals surface area contributed by atoms with Gasteiger partial charge in [-0.3, -0.25) is 0 Å². The van der Waals surface area contributed by atoms with Crippen LogP contribution in [0.4, 0.5) is 0 Å². The molecule has 15 heavy (non-hydrogen) atoms. The molecule has 0 unspecified atom stereocenters. The van der Waals surface area contributed by atoms with E-state index in [1.54, 1.807) is 0 Å². The van der Waals surface area contributed by atoms with Gasteiger partial charge in [-0.2, -0.15) is 0 Å². The first-order chi connectivity index (χ1) is 6.88. The molecule has 0 spiro atoms. The number of ether oxygens (including phenoxy) is 1. The fourth-order valence-corrected chi connectivity index (χ4v) is 0.231. The minimum atomic E-state index is -1.50. The van der Waals surface area contributed by atoms with Crippen molar-refractivity contribution in [2.24, 2.45) is 0 Å². The molecule has 11 nitrogen and oxygen atoms in total. The molecule has 11 heteroatoms. The van der Waals surface area contributed by atoms with E-state index in [4.69, 9.17) is 40.9 Å². The van der Waals surface area contributed by atoms with Crippen LogP contribution in [0.2, 0.25) is 0 Å². The summed E-state index contributed by atoms with van der Waals surface area (Å²) < 4.78 is 4.63. The van der Waals surface area contributed by atoms with E-state index in [0.29, 0.717) is 13.2 Å². The molecular weight excluding hydrogens is 220 g/mol. The number of nitrogens with zero attached hydrogens (tertiary/aromatic N) is 2. The van der Waals surface area contributed by atoms with Crippen LogP contribution in [0.25, 0.3) is 0 Å². The van der Waals surface area contributed by atoms with Crippen molar-refractivity contribution in [1.82, 2.24) is 0 Å². The predicted molar refractivity (Wildman–Crippen MR) is 42.6 cm³/mol. The molecule has 0 rings (SSSR count). The highest BCUT2D eigenvalue weighted by Crippen LogP contribution is 1.68. The van der Waals surface area contributed by atoms with Crippen molar-refractivity contribution in [2.45, 2.75) is 0 Å². The first kappa shape index (κ1) is 18.9. The van der Waals surface area contributed by atoms with Crippen molar-refractivity contribution in [1.29, 1.82) is 0 Å². The van der Waals surface area contributed by atoms with Gasteiger partial charge in [-0.15, -0.1) is 20.2 Å². The van der Waals surface area contributed by atoms with Gasteiger partial charge in [-0.25, -0.2) is 0 Å². The van der Waals surface area contributed by atoms with Gasteiger partial charge in [0, 0.05) is 0 Å². The molecule has 0 fully saturated rings. The van der Waals surface area contributed by atoms with Crippen molar-refractivity contribution >= 4 is 0 Å². The number of aliphatic hydroxyl groups excluding tert-OH is 2. The van der Waals surface area contributed by atoms with Crippen LogP contribution in [0.3, 0.4) is 0 Å². The average Bonchev–Trinajstić information content (AvgIpc) is 2.03. The molecule has 0 bridgehead atoms. The van der Waals surface area contributed by atoms with Gasteiger partial charge in [-0.1, -0.05) is 0 Å². The smallest absolute Gasteiger partial charge is 0.291 e. The van der Waals surface area contributed by atoms with Crippen LogP contribution in [0.1, 0.15) is 0 Å². The molecule has 0 heterocycles. The fourth-order valence-electron chi connectivity index (χ4n) is 0.231. The average molecular weight is 232 g/mol. The first-order valence-electron chi connectivity index (χ1n) is 3.34. The highest BCUT2D eigenvalue weighted by molar-refractivity contribution is 4.24. The van der Waals surface area contributed by atoms with Crippen molar-refractivity contribution in [2.75, 3.05) is 26.4 Å². The van der Waals surface area contributed by atoms with E-state index in [-0.39, 0.29) is 13.2 Å². The zero-order chi connectivity index (χ0) is 12.7. The first-order valence-corrected chi connectivity index (χ1v) is 3.34. The van der Waals surface area contributed by atoms with E-state index in [1.807, 2.05) is 0 Å². The Labute approximate surface area is 83.4 Å². The van der Waals surface area contributed by atoms with Gasteiger partial charge in [-0.05, 0) is 0 Å². The summed E-state index contributed by atoms with van der Waals surface area (Å²) in [5.41, 5.74) is 0. The van der Waals surface area contributed by atoms with Gasteiger partial charge in [0.05, 0.1) is 26.4 Å². The third-order valence-electron chi connectivity index (χ3n) is 0.471. The Morgan fingerprint density at radius 1 is 0.933 bits per heavy atom. The quantitative estimate of drug-likeness (QED) is 0.249. The molecule has 0 aliphatic carbocycles. The zero-order valence-electron chi connectivity index (χ0n) is 7.55. The SMILES string of the molecule is O=[N+]([O-])O.O=[N+]([O-])O.OCCOCCO. The lowest BCUT2D eigenvalue weighted by atomic mass is 10.7. The van der Waals surface area contributed by atoms with Crippen molar-refractivity contribution < 1.29 is 35.5 Å². The Morgan fingerprint density at radius 3 is 1.27 bits per heavy atom. The van der Waals surface area contributed by atoms with E-state index < -0.39 is 10.2 Å². The van der Waals surface area contributed by atoms with Crippen LogP contribution in [0, 0.1) is 20.2 Å². The Kier molecular flexibility index (Phi) is 22.9. The minimum Gasteiger partial charge on any atom is -0.394 e. The molecule has 0 aromatic carbocycles. The molecule has 0 amide bonds. The minimum absolute atomic E-state index is 0.0278. The Hall–Kier alpha value is -1.72. The lowest BCUT2D eigenvalue weighted by molar-refractivity contribution is -0.742. The van der Waals surface area contributed by atoms with Crippen LogP contribution in [-0.4, -0.2) is 57.2 Å². The van der Waals surface area contributed by atoms with Gasteiger partial charge in [0.1, 0.15) is 0 Å². The second-order valence-corrected chi connectivity index (χ2v) is 1.54. The number of rotatable bonds is 4. The standard InChI is InChI=1S/C4H10O3.2HNO3/c5-1-3-7-4-2-6;2*2-1(3)4/h5-6H,1-4H2;2*(H,2,3,4). The summed E-state index contributed by atoms with van der Waals surface area (Å²) in [5, 5.41) is 43.5. The zero-order valence-corrected chi connectivity index (χ0v) is 7.55. The van der Waals surface area contributed by atoms with Crippen LogP contribution < -0.4 is 0 Å². The second kappa shape index (κ2) is 18.1. The summed E-state index contributed by atoms with van der Waals surface area (Å²) in [5.74, 6) is 0. The third kappa shape index (κ3) is 250. The molecule has 0 aliphatic heterocycles. The maximum atomic E-state index is 8.36. The molecule has 92 valence electrons. The normalized spacial score (nSPS) is 7.60. The Bertz CT molecular complexity index is 127. The van der Waals surface area contributed by atoms with Gasteiger partial charge < -0.3 is 25.4 Å². The van der Waals surface area contributed by atoms with Crippen LogP contribution in [-0.2, 0) is 4.74 Å². The molecule has 0 aromatic heterocycles. The molecule has 0 saturated carbocycles. The summed E-state index contributed by atoms with van der Waals surface area (Å²) in [7, 11) is 0. The van der Waals surface area contributed by atoms with E-state index >= 15 is 0 Å². The molecule has 0 atom stereocenters. The summed E-state index contributed by atoms with van der Waals surface area (Å²) in [6.45, 7) is 0.696. The Morgan fingerprint density at radius 2 is 1.13 bits per heavy atom. The van der Waals surface area contributed by atoms with Gasteiger partial charge in [0.15, 0.2) is 0 Å². The van der Waals surface area contributed by atoms with E-state index in [2.05, 4.69) is 4.74 Å². The van der Waals surface area contributed by atoms with Gasteiger partial charge >= 0.3 is 0 Å². The second-order valence-electron chi connectivity index (χ2n) is 1.54. The number of hydrogen-bond donors (Lipinski definition) is 4. The van der Waals surface area contributed by atoms with E-state index in [0.717, 1.165) is 0 Å². The molecule has 0 saturated heterocycles. The topological polar surface area (TPSA) is 176 Å².